The van der Waals surface area contributed by atoms with Crippen molar-refractivity contribution in [2.24, 2.45) is 5.10 Å². The number of nitrogens with zero attached hydrogens (tertiary/aromatic N) is 3. The Balaban J connectivity index is 1.39. The van der Waals surface area contributed by atoms with Gasteiger partial charge >= 0.3 is 0 Å². The molecule has 6 nitrogen and oxygen atoms in total. The lowest BCUT2D eigenvalue weighted by Crippen LogP contribution is -2.45. The van der Waals surface area contributed by atoms with Gasteiger partial charge in [0.2, 0.25) is 5.91 Å². The fourth-order valence-electron chi connectivity index (χ4n) is 3.27. The molecule has 2 aliphatic heterocycles. The molecule has 0 unspecified atom stereocenters. The van der Waals surface area contributed by atoms with Gasteiger partial charge in [-0.25, -0.2) is 5.53 Å². The van der Waals surface area contributed by atoms with Crippen LogP contribution < -0.4 is 16.1 Å². The molecule has 0 spiro atoms. The maximum Gasteiger partial charge on any atom is 0.288 e. The van der Waals surface area contributed by atoms with Gasteiger partial charge in [0.25, 0.3) is 5.24 Å². The van der Waals surface area contributed by atoms with Gasteiger partial charge in [-0.3, -0.25) is 19.5 Å². The molecule has 0 bridgehead atoms. The zero-order valence-corrected chi connectivity index (χ0v) is 15.6. The van der Waals surface area contributed by atoms with E-state index >= 15 is 0 Å². The summed E-state index contributed by atoms with van der Waals surface area (Å²) in [5.74, 6) is 0.510. The van der Waals surface area contributed by atoms with Crippen LogP contribution in [0.2, 0.25) is 0 Å². The van der Waals surface area contributed by atoms with E-state index in [1.807, 2.05) is 60.8 Å². The minimum absolute atomic E-state index is 0.0823. The van der Waals surface area contributed by atoms with E-state index in [1.165, 1.54) is 16.7 Å². The number of benzene rings is 2. The van der Waals surface area contributed by atoms with Crippen molar-refractivity contribution < 1.29 is 9.59 Å². The number of amides is 2. The third-order valence-corrected chi connectivity index (χ3v) is 5.64. The average molecular weight is 380 g/mol. The van der Waals surface area contributed by atoms with Crippen molar-refractivity contribution in [1.29, 1.82) is 0 Å². The van der Waals surface area contributed by atoms with Gasteiger partial charge in [0, 0.05) is 30.1 Å². The lowest BCUT2D eigenvalue weighted by atomic mass is 10.1. The smallest absolute Gasteiger partial charge is 0.278 e. The first-order valence-electron chi connectivity index (χ1n) is 8.90. The Kier molecular flexibility index (Phi) is 5.11. The van der Waals surface area contributed by atoms with Gasteiger partial charge in [-0.2, -0.15) is 5.10 Å². The number of imide groups is 1. The summed E-state index contributed by atoms with van der Waals surface area (Å²) in [6.07, 6.45) is 2.87. The SMILES string of the molecule is O=C(CCN1C=c2ccccc2=NN1)N1C(=O)SC[C@@H]1Cc1ccccc1. The molecule has 2 aromatic rings. The predicted molar refractivity (Wildman–Crippen MR) is 105 cm³/mol. The van der Waals surface area contributed by atoms with Crippen molar-refractivity contribution in [3.8, 4) is 0 Å². The van der Waals surface area contributed by atoms with E-state index in [1.54, 1.807) is 5.01 Å². The van der Waals surface area contributed by atoms with E-state index < -0.39 is 0 Å². The molecule has 1 atom stereocenters. The topological polar surface area (TPSA) is 65.0 Å². The van der Waals surface area contributed by atoms with E-state index in [4.69, 9.17) is 0 Å². The monoisotopic (exact) mass is 380 g/mol. The maximum atomic E-state index is 12.7. The van der Waals surface area contributed by atoms with Crippen LogP contribution in [0.15, 0.2) is 59.7 Å². The van der Waals surface area contributed by atoms with Gasteiger partial charge in [0.1, 0.15) is 0 Å². The molecule has 0 aromatic heterocycles. The number of carbonyl (C=O) groups is 2. The second-order valence-electron chi connectivity index (χ2n) is 6.53. The lowest BCUT2D eigenvalue weighted by Gasteiger charge is -2.25. The fourth-order valence-corrected chi connectivity index (χ4v) is 4.26. The molecule has 138 valence electrons. The number of hydrazine groups is 1. The van der Waals surface area contributed by atoms with Crippen molar-refractivity contribution in [1.82, 2.24) is 15.4 Å². The minimum Gasteiger partial charge on any atom is -0.278 e. The van der Waals surface area contributed by atoms with Crippen molar-refractivity contribution in [3.05, 3.63) is 70.7 Å². The van der Waals surface area contributed by atoms with Gasteiger partial charge in [-0.1, -0.05) is 60.3 Å². The lowest BCUT2D eigenvalue weighted by molar-refractivity contribution is -0.129. The van der Waals surface area contributed by atoms with Gasteiger partial charge < -0.3 is 0 Å². The van der Waals surface area contributed by atoms with E-state index in [0.717, 1.165) is 16.1 Å². The van der Waals surface area contributed by atoms with E-state index in [9.17, 15) is 9.59 Å². The van der Waals surface area contributed by atoms with Crippen LogP contribution in [0.5, 0.6) is 0 Å². The van der Waals surface area contributed by atoms with E-state index in [2.05, 4.69) is 10.6 Å². The summed E-state index contributed by atoms with van der Waals surface area (Å²) in [5, 5.41) is 7.78. The third-order valence-electron chi connectivity index (χ3n) is 4.64. The molecule has 27 heavy (non-hydrogen) atoms. The summed E-state index contributed by atoms with van der Waals surface area (Å²) in [7, 11) is 0. The second kappa shape index (κ2) is 7.84. The average Bonchev–Trinajstić information content (AvgIpc) is 3.07. The zero-order valence-electron chi connectivity index (χ0n) is 14.7. The summed E-state index contributed by atoms with van der Waals surface area (Å²) >= 11 is 1.22. The number of carbonyl (C=O) groups excluding carboxylic acids is 2. The van der Waals surface area contributed by atoms with Crippen LogP contribution in [-0.2, 0) is 11.2 Å². The van der Waals surface area contributed by atoms with Crippen LogP contribution in [-0.4, -0.2) is 39.4 Å². The van der Waals surface area contributed by atoms with Gasteiger partial charge in [0.15, 0.2) is 0 Å². The number of rotatable bonds is 5. The Morgan fingerprint density at radius 1 is 1.15 bits per heavy atom. The molecule has 1 saturated heterocycles. The molecule has 1 fully saturated rings. The quantitative estimate of drug-likeness (QED) is 0.851. The molecule has 2 amide bonds. The van der Waals surface area contributed by atoms with Crippen LogP contribution in [0, 0.1) is 0 Å². The van der Waals surface area contributed by atoms with Crippen LogP contribution in [0.25, 0.3) is 6.20 Å². The molecule has 4 rings (SSSR count). The molecule has 2 aliphatic rings. The van der Waals surface area contributed by atoms with Gasteiger partial charge in [0.05, 0.1) is 11.4 Å². The fraction of sp³-hybridized carbons (Fsp3) is 0.250. The van der Waals surface area contributed by atoms with Crippen LogP contribution in [0.4, 0.5) is 4.79 Å². The van der Waals surface area contributed by atoms with Crippen molar-refractivity contribution in [2.45, 2.75) is 18.9 Å². The molecule has 2 heterocycles. The molecule has 0 saturated carbocycles. The number of para-hydroxylation sites is 1. The Morgan fingerprint density at radius 2 is 1.93 bits per heavy atom. The van der Waals surface area contributed by atoms with Gasteiger partial charge in [-0.05, 0) is 18.1 Å². The van der Waals surface area contributed by atoms with Crippen LogP contribution in [0.3, 0.4) is 0 Å². The van der Waals surface area contributed by atoms with Gasteiger partial charge in [-0.15, -0.1) is 0 Å². The summed E-state index contributed by atoms with van der Waals surface area (Å²) in [4.78, 5) is 26.4. The van der Waals surface area contributed by atoms with Crippen LogP contribution >= 0.6 is 11.8 Å². The third kappa shape index (κ3) is 3.98. The number of hydrogen-bond donors (Lipinski definition) is 1. The first-order valence-corrected chi connectivity index (χ1v) is 9.89. The zero-order chi connectivity index (χ0) is 18.6. The largest absolute Gasteiger partial charge is 0.288 e. The highest BCUT2D eigenvalue weighted by atomic mass is 32.2. The summed E-state index contributed by atoms with van der Waals surface area (Å²) < 4.78 is 0. The normalized spacial score (nSPS) is 18.4. The first kappa shape index (κ1) is 17.6. The first-order chi connectivity index (χ1) is 13.2. The number of nitrogens with one attached hydrogen (secondary N) is 1. The Labute approximate surface area is 161 Å². The summed E-state index contributed by atoms with van der Waals surface area (Å²) in [6, 6.07) is 17.7. The molecular weight excluding hydrogens is 360 g/mol. The van der Waals surface area contributed by atoms with Crippen molar-refractivity contribution in [3.63, 3.8) is 0 Å². The molecule has 0 radical (unpaired) electrons. The highest BCUT2D eigenvalue weighted by molar-refractivity contribution is 8.14. The molecule has 1 N–H and O–H groups in total. The van der Waals surface area contributed by atoms with E-state index in [0.29, 0.717) is 18.7 Å². The van der Waals surface area contributed by atoms with Crippen molar-refractivity contribution in [2.75, 3.05) is 12.3 Å². The molecule has 2 aromatic carbocycles. The Morgan fingerprint density at radius 3 is 2.78 bits per heavy atom. The van der Waals surface area contributed by atoms with Crippen molar-refractivity contribution >= 4 is 29.1 Å². The predicted octanol–water partition coefficient (Wildman–Crippen LogP) is 1.48. The minimum atomic E-state index is -0.147. The maximum absolute atomic E-state index is 12.7. The highest BCUT2D eigenvalue weighted by Crippen LogP contribution is 2.27. The Bertz CT molecular complexity index is 963. The number of thioether (sulfide) groups is 1. The van der Waals surface area contributed by atoms with Crippen LogP contribution in [0.1, 0.15) is 12.0 Å². The molecule has 7 heteroatoms. The number of hydrogen-bond acceptors (Lipinski definition) is 6. The Hall–Kier alpha value is -2.80. The summed E-state index contributed by atoms with van der Waals surface area (Å²) in [5.41, 5.74) is 4.06. The number of fused-ring (bicyclic) bond motifs is 1. The molecular formula is C20H20N4O2S. The van der Waals surface area contributed by atoms with E-state index in [-0.39, 0.29) is 23.6 Å². The summed E-state index contributed by atoms with van der Waals surface area (Å²) in [6.45, 7) is 0.448. The second-order valence-corrected chi connectivity index (χ2v) is 7.50. The molecule has 0 aliphatic carbocycles. The standard InChI is InChI=1S/C20H20N4O2S/c25-19(10-11-23-13-16-8-4-5-9-18(16)21-22-23)24-17(14-27-20(24)26)12-15-6-2-1-3-7-15/h1-9,13,17,22H,10-12,14H2/t17-/m0/s1. The highest BCUT2D eigenvalue weighted by Gasteiger charge is 2.36.